The van der Waals surface area contributed by atoms with Gasteiger partial charge in [-0.1, -0.05) is 6.42 Å². The monoisotopic (exact) mass is 241 g/mol. The van der Waals surface area contributed by atoms with Gasteiger partial charge in [0.05, 0.1) is 12.0 Å². The topological polar surface area (TPSA) is 58.6 Å². The van der Waals surface area contributed by atoms with Crippen LogP contribution < -0.4 is 5.32 Å². The summed E-state index contributed by atoms with van der Waals surface area (Å²) in [6, 6.07) is 0.251. The molecule has 1 heterocycles. The molecule has 4 heteroatoms. The average molecular weight is 241 g/mol. The fraction of sp³-hybridized carbons (Fsp3) is 0.923. The first-order valence-corrected chi connectivity index (χ1v) is 6.73. The van der Waals surface area contributed by atoms with E-state index in [4.69, 9.17) is 9.84 Å². The number of carbonyl (C=O) groups is 1. The molecule has 2 fully saturated rings. The maximum absolute atomic E-state index is 12.1. The molecule has 1 amide bonds. The Hall–Kier alpha value is -0.610. The average Bonchev–Trinajstić information content (AvgIpc) is 2.76. The van der Waals surface area contributed by atoms with Crippen molar-refractivity contribution in [1.29, 1.82) is 0 Å². The van der Waals surface area contributed by atoms with Gasteiger partial charge in [0.1, 0.15) is 0 Å². The molecule has 4 nitrogen and oxygen atoms in total. The Labute approximate surface area is 103 Å². The lowest BCUT2D eigenvalue weighted by molar-refractivity contribution is -0.127. The van der Waals surface area contributed by atoms with Crippen molar-refractivity contribution in [3.8, 4) is 0 Å². The van der Waals surface area contributed by atoms with Gasteiger partial charge >= 0.3 is 0 Å². The van der Waals surface area contributed by atoms with Gasteiger partial charge in [0, 0.05) is 19.3 Å². The number of amides is 1. The highest BCUT2D eigenvalue weighted by atomic mass is 16.5. The van der Waals surface area contributed by atoms with E-state index in [1.807, 2.05) is 6.92 Å². The zero-order valence-electron chi connectivity index (χ0n) is 10.5. The van der Waals surface area contributed by atoms with Gasteiger partial charge in [0.25, 0.3) is 0 Å². The molecular formula is C13H23NO3. The van der Waals surface area contributed by atoms with Crippen LogP contribution >= 0.6 is 0 Å². The van der Waals surface area contributed by atoms with Gasteiger partial charge in [-0.25, -0.2) is 0 Å². The Morgan fingerprint density at radius 3 is 2.88 bits per heavy atom. The maximum Gasteiger partial charge on any atom is 0.226 e. The summed E-state index contributed by atoms with van der Waals surface area (Å²) >= 11 is 0. The van der Waals surface area contributed by atoms with Crippen molar-refractivity contribution in [2.75, 3.05) is 13.2 Å². The number of hydrogen-bond donors (Lipinski definition) is 2. The van der Waals surface area contributed by atoms with Crippen LogP contribution in [0.3, 0.4) is 0 Å². The van der Waals surface area contributed by atoms with E-state index in [0.29, 0.717) is 12.5 Å². The van der Waals surface area contributed by atoms with Crippen molar-refractivity contribution in [3.63, 3.8) is 0 Å². The summed E-state index contributed by atoms with van der Waals surface area (Å²) in [7, 11) is 0. The maximum atomic E-state index is 12.1. The molecule has 1 saturated heterocycles. The van der Waals surface area contributed by atoms with Crippen LogP contribution in [0.15, 0.2) is 0 Å². The van der Waals surface area contributed by atoms with Gasteiger partial charge < -0.3 is 15.2 Å². The Bertz CT molecular complexity index is 269. The van der Waals surface area contributed by atoms with Gasteiger partial charge in [0.15, 0.2) is 0 Å². The SMILES string of the molecule is CC1OCCC1C(=O)NC1CCCC(CO)C1. The van der Waals surface area contributed by atoms with Crippen LogP contribution in [0, 0.1) is 11.8 Å². The summed E-state index contributed by atoms with van der Waals surface area (Å²) < 4.78 is 5.42. The highest BCUT2D eigenvalue weighted by molar-refractivity contribution is 5.79. The van der Waals surface area contributed by atoms with Crippen LogP contribution in [0.1, 0.15) is 39.0 Å². The van der Waals surface area contributed by atoms with E-state index in [-0.39, 0.29) is 30.6 Å². The third kappa shape index (κ3) is 3.19. The van der Waals surface area contributed by atoms with Crippen LogP contribution in [-0.2, 0) is 9.53 Å². The van der Waals surface area contributed by atoms with Crippen molar-refractivity contribution >= 4 is 5.91 Å². The molecule has 0 radical (unpaired) electrons. The van der Waals surface area contributed by atoms with Crippen molar-refractivity contribution in [1.82, 2.24) is 5.32 Å². The number of nitrogens with one attached hydrogen (secondary N) is 1. The number of rotatable bonds is 3. The second-order valence-corrected chi connectivity index (χ2v) is 5.39. The first kappa shape index (κ1) is 12.8. The highest BCUT2D eigenvalue weighted by Gasteiger charge is 2.32. The van der Waals surface area contributed by atoms with E-state index in [2.05, 4.69) is 5.32 Å². The van der Waals surface area contributed by atoms with E-state index in [9.17, 15) is 4.79 Å². The first-order valence-electron chi connectivity index (χ1n) is 6.73. The highest BCUT2D eigenvalue weighted by Crippen LogP contribution is 2.25. The summed E-state index contributed by atoms with van der Waals surface area (Å²) in [5, 5.41) is 12.3. The molecule has 2 rings (SSSR count). The fourth-order valence-electron chi connectivity index (χ4n) is 2.97. The summed E-state index contributed by atoms with van der Waals surface area (Å²) in [4.78, 5) is 12.1. The number of hydrogen-bond acceptors (Lipinski definition) is 3. The minimum absolute atomic E-state index is 0.0181. The Balaban J connectivity index is 1.81. The predicted octanol–water partition coefficient (Wildman–Crippen LogP) is 1.08. The normalized spacial score (nSPS) is 38.0. The van der Waals surface area contributed by atoms with Crippen molar-refractivity contribution in [3.05, 3.63) is 0 Å². The lowest BCUT2D eigenvalue weighted by Crippen LogP contribution is -2.43. The van der Waals surface area contributed by atoms with E-state index in [1.165, 1.54) is 0 Å². The molecule has 0 aromatic heterocycles. The molecular weight excluding hydrogens is 218 g/mol. The van der Waals surface area contributed by atoms with Gasteiger partial charge in [-0.2, -0.15) is 0 Å². The molecule has 0 bridgehead atoms. The molecule has 1 aliphatic carbocycles. The molecule has 2 N–H and O–H groups in total. The Morgan fingerprint density at radius 1 is 1.41 bits per heavy atom. The van der Waals surface area contributed by atoms with Crippen LogP contribution in [0.4, 0.5) is 0 Å². The predicted molar refractivity (Wildman–Crippen MR) is 64.5 cm³/mol. The number of ether oxygens (including phenoxy) is 1. The second kappa shape index (κ2) is 5.83. The quantitative estimate of drug-likeness (QED) is 0.777. The molecule has 0 spiro atoms. The molecule has 4 atom stereocenters. The van der Waals surface area contributed by atoms with Crippen LogP contribution in [0.25, 0.3) is 0 Å². The van der Waals surface area contributed by atoms with Crippen molar-refractivity contribution in [2.24, 2.45) is 11.8 Å². The summed E-state index contributed by atoms with van der Waals surface area (Å²) in [5.41, 5.74) is 0. The van der Waals surface area contributed by atoms with Crippen molar-refractivity contribution < 1.29 is 14.6 Å². The summed E-state index contributed by atoms with van der Waals surface area (Å²) in [5.74, 6) is 0.523. The lowest BCUT2D eigenvalue weighted by Gasteiger charge is -2.29. The van der Waals surface area contributed by atoms with Gasteiger partial charge in [-0.3, -0.25) is 4.79 Å². The number of aliphatic hydroxyl groups excluding tert-OH is 1. The second-order valence-electron chi connectivity index (χ2n) is 5.39. The first-order chi connectivity index (χ1) is 8.20. The van der Waals surface area contributed by atoms with Gasteiger partial charge in [0.2, 0.25) is 5.91 Å². The fourth-order valence-corrected chi connectivity index (χ4v) is 2.97. The van der Waals surface area contributed by atoms with Crippen LogP contribution in [0.2, 0.25) is 0 Å². The molecule has 2 aliphatic rings. The molecule has 0 aromatic rings. The minimum atomic E-state index is 0.0181. The third-order valence-electron chi connectivity index (χ3n) is 4.10. The van der Waals surface area contributed by atoms with E-state index < -0.39 is 0 Å². The zero-order chi connectivity index (χ0) is 12.3. The molecule has 17 heavy (non-hydrogen) atoms. The lowest BCUT2D eigenvalue weighted by atomic mass is 9.86. The van der Waals surface area contributed by atoms with E-state index in [0.717, 1.165) is 32.1 Å². The number of aliphatic hydroxyl groups is 1. The molecule has 0 aromatic carbocycles. The van der Waals surface area contributed by atoms with Crippen LogP contribution in [-0.4, -0.2) is 36.4 Å². The third-order valence-corrected chi connectivity index (χ3v) is 4.10. The van der Waals surface area contributed by atoms with E-state index >= 15 is 0 Å². The smallest absolute Gasteiger partial charge is 0.226 e. The molecule has 4 unspecified atom stereocenters. The molecule has 98 valence electrons. The number of carbonyl (C=O) groups excluding carboxylic acids is 1. The van der Waals surface area contributed by atoms with Gasteiger partial charge in [-0.05, 0) is 38.5 Å². The van der Waals surface area contributed by atoms with Crippen molar-refractivity contribution in [2.45, 2.75) is 51.2 Å². The minimum Gasteiger partial charge on any atom is -0.396 e. The zero-order valence-corrected chi connectivity index (χ0v) is 10.5. The summed E-state index contributed by atoms with van der Waals surface area (Å²) in [6.45, 7) is 2.91. The van der Waals surface area contributed by atoms with Crippen LogP contribution in [0.5, 0.6) is 0 Å². The standard InChI is InChI=1S/C13H23NO3/c1-9-12(5-6-17-9)13(16)14-11-4-2-3-10(7-11)8-15/h9-12,15H,2-8H2,1H3,(H,14,16). The summed E-state index contributed by atoms with van der Waals surface area (Å²) in [6.07, 6.45) is 5.04. The van der Waals surface area contributed by atoms with E-state index in [1.54, 1.807) is 0 Å². The van der Waals surface area contributed by atoms with Gasteiger partial charge in [-0.15, -0.1) is 0 Å². The Kier molecular flexibility index (Phi) is 4.40. The molecule has 1 saturated carbocycles. The largest absolute Gasteiger partial charge is 0.396 e. The molecule has 1 aliphatic heterocycles. The Morgan fingerprint density at radius 2 is 2.24 bits per heavy atom.